The van der Waals surface area contributed by atoms with Crippen molar-refractivity contribution >= 4 is 11.6 Å². The molecule has 2 rings (SSSR count). The van der Waals surface area contributed by atoms with Crippen LogP contribution in [0.15, 0.2) is 42.5 Å². The fourth-order valence-electron chi connectivity index (χ4n) is 2.58. The Balaban J connectivity index is 2.18. The van der Waals surface area contributed by atoms with E-state index in [-0.39, 0.29) is 31.7 Å². The highest BCUT2D eigenvalue weighted by atomic mass is 16.3. The third-order valence-corrected chi connectivity index (χ3v) is 3.98. The molecule has 0 radical (unpaired) electrons. The van der Waals surface area contributed by atoms with E-state index in [2.05, 4.69) is 10.6 Å². The first kappa shape index (κ1) is 18.0. The monoisotopic (exact) mass is 328 g/mol. The number of rotatable bonds is 7. The van der Waals surface area contributed by atoms with E-state index in [1.54, 1.807) is 6.07 Å². The molecule has 0 aliphatic heterocycles. The van der Waals surface area contributed by atoms with Gasteiger partial charge in [0.05, 0.1) is 13.2 Å². The van der Waals surface area contributed by atoms with Gasteiger partial charge in [0, 0.05) is 23.8 Å². The average molecular weight is 328 g/mol. The third-order valence-electron chi connectivity index (χ3n) is 3.98. The first-order chi connectivity index (χ1) is 11.6. The molecule has 2 aromatic rings. The summed E-state index contributed by atoms with van der Waals surface area (Å²) < 4.78 is 0. The fourth-order valence-corrected chi connectivity index (χ4v) is 2.58. The Bertz CT molecular complexity index is 701. The zero-order valence-electron chi connectivity index (χ0n) is 14.0. The summed E-state index contributed by atoms with van der Waals surface area (Å²) in [6.07, 6.45) is 0. The molecule has 1 unspecified atom stereocenters. The number of anilines is 1. The summed E-state index contributed by atoms with van der Waals surface area (Å²) in [6.45, 7) is 4.10. The molecule has 0 fully saturated rings. The highest BCUT2D eigenvalue weighted by Crippen LogP contribution is 2.25. The second kappa shape index (κ2) is 8.47. The van der Waals surface area contributed by atoms with Crippen LogP contribution in [0.25, 0.3) is 0 Å². The van der Waals surface area contributed by atoms with Gasteiger partial charge < -0.3 is 20.8 Å². The maximum atomic E-state index is 12.1. The van der Waals surface area contributed by atoms with E-state index in [4.69, 9.17) is 5.11 Å². The first-order valence-electron chi connectivity index (χ1n) is 8.01. The van der Waals surface area contributed by atoms with Crippen LogP contribution >= 0.6 is 0 Å². The summed E-state index contributed by atoms with van der Waals surface area (Å²) in [5, 5.41) is 24.2. The van der Waals surface area contributed by atoms with Crippen LogP contribution in [0.4, 0.5) is 5.69 Å². The summed E-state index contributed by atoms with van der Waals surface area (Å²) in [5.74, 6) is -0.194. The van der Waals surface area contributed by atoms with Crippen LogP contribution in [-0.4, -0.2) is 29.3 Å². The number of aliphatic hydroxyl groups is 2. The second-order valence-corrected chi connectivity index (χ2v) is 5.73. The minimum Gasteiger partial charge on any atom is -0.395 e. The molecule has 5 nitrogen and oxygen atoms in total. The number of nitrogens with one attached hydrogen (secondary N) is 2. The van der Waals surface area contributed by atoms with Crippen LogP contribution < -0.4 is 10.6 Å². The molecule has 1 atom stereocenters. The number of hydrogen-bond donors (Lipinski definition) is 4. The van der Waals surface area contributed by atoms with E-state index in [1.807, 2.05) is 50.2 Å². The minimum absolute atomic E-state index is 0.0140. The zero-order valence-corrected chi connectivity index (χ0v) is 14.0. The number of aliphatic hydroxyl groups excluding tert-OH is 2. The second-order valence-electron chi connectivity index (χ2n) is 5.73. The van der Waals surface area contributed by atoms with Crippen LogP contribution in [-0.2, 0) is 6.61 Å². The summed E-state index contributed by atoms with van der Waals surface area (Å²) in [7, 11) is 0. The van der Waals surface area contributed by atoms with Gasteiger partial charge in [0.15, 0.2) is 0 Å². The van der Waals surface area contributed by atoms with Gasteiger partial charge in [0.1, 0.15) is 0 Å². The Morgan fingerprint density at radius 2 is 1.92 bits per heavy atom. The van der Waals surface area contributed by atoms with Crippen molar-refractivity contribution in [1.29, 1.82) is 0 Å². The number of hydrogen-bond acceptors (Lipinski definition) is 4. The molecule has 0 spiro atoms. The number of benzene rings is 2. The van der Waals surface area contributed by atoms with Crippen LogP contribution in [0, 0.1) is 6.92 Å². The average Bonchev–Trinajstić information content (AvgIpc) is 2.61. The number of amides is 1. The third kappa shape index (κ3) is 4.34. The van der Waals surface area contributed by atoms with Crippen LogP contribution in [0.5, 0.6) is 0 Å². The Morgan fingerprint density at radius 1 is 1.17 bits per heavy atom. The Labute approximate surface area is 142 Å². The highest BCUT2D eigenvalue weighted by molar-refractivity contribution is 5.97. The lowest BCUT2D eigenvalue weighted by Gasteiger charge is -2.19. The van der Waals surface area contributed by atoms with Crippen LogP contribution in [0.3, 0.4) is 0 Å². The quantitative estimate of drug-likeness (QED) is 0.629. The van der Waals surface area contributed by atoms with Gasteiger partial charge in [-0.05, 0) is 42.7 Å². The molecule has 5 heteroatoms. The highest BCUT2D eigenvalue weighted by Gasteiger charge is 2.13. The summed E-state index contributed by atoms with van der Waals surface area (Å²) in [5.41, 5.74) is 4.27. The normalized spacial score (nSPS) is 11.8. The van der Waals surface area contributed by atoms with Gasteiger partial charge in [-0.15, -0.1) is 0 Å². The molecule has 0 bridgehead atoms. The maximum absolute atomic E-state index is 12.1. The Morgan fingerprint density at radius 3 is 2.62 bits per heavy atom. The van der Waals surface area contributed by atoms with Crippen molar-refractivity contribution in [2.24, 2.45) is 0 Å². The molecular weight excluding hydrogens is 304 g/mol. The van der Waals surface area contributed by atoms with Crippen molar-refractivity contribution < 1.29 is 15.0 Å². The van der Waals surface area contributed by atoms with E-state index in [9.17, 15) is 9.90 Å². The van der Waals surface area contributed by atoms with Crippen molar-refractivity contribution in [3.63, 3.8) is 0 Å². The van der Waals surface area contributed by atoms with Gasteiger partial charge >= 0.3 is 0 Å². The van der Waals surface area contributed by atoms with Crippen molar-refractivity contribution in [3.05, 3.63) is 64.7 Å². The molecule has 0 saturated carbocycles. The van der Waals surface area contributed by atoms with Gasteiger partial charge in [-0.2, -0.15) is 0 Å². The fraction of sp³-hybridized carbons (Fsp3) is 0.316. The van der Waals surface area contributed by atoms with E-state index >= 15 is 0 Å². The van der Waals surface area contributed by atoms with Crippen molar-refractivity contribution in [1.82, 2.24) is 5.32 Å². The molecule has 128 valence electrons. The maximum Gasteiger partial charge on any atom is 0.251 e. The largest absolute Gasteiger partial charge is 0.395 e. The Hall–Kier alpha value is -2.37. The van der Waals surface area contributed by atoms with E-state index in [1.165, 1.54) is 0 Å². The molecule has 0 aliphatic carbocycles. The summed E-state index contributed by atoms with van der Waals surface area (Å²) in [4.78, 5) is 12.1. The van der Waals surface area contributed by atoms with Gasteiger partial charge in [-0.1, -0.05) is 30.3 Å². The smallest absolute Gasteiger partial charge is 0.251 e. The van der Waals surface area contributed by atoms with Crippen molar-refractivity contribution in [3.8, 4) is 0 Å². The molecule has 0 aliphatic rings. The van der Waals surface area contributed by atoms with Crippen molar-refractivity contribution in [2.45, 2.75) is 26.5 Å². The lowest BCUT2D eigenvalue weighted by atomic mass is 10.0. The molecule has 0 aromatic heterocycles. The predicted octanol–water partition coefficient (Wildman–Crippen LogP) is 2.38. The van der Waals surface area contributed by atoms with Gasteiger partial charge in [0.2, 0.25) is 0 Å². The summed E-state index contributed by atoms with van der Waals surface area (Å²) in [6, 6.07) is 13.3. The summed E-state index contributed by atoms with van der Waals surface area (Å²) >= 11 is 0. The minimum atomic E-state index is -0.194. The molecule has 0 saturated heterocycles. The number of carbonyl (C=O) groups is 1. The van der Waals surface area contributed by atoms with Crippen LogP contribution in [0.2, 0.25) is 0 Å². The van der Waals surface area contributed by atoms with Crippen LogP contribution in [0.1, 0.15) is 40.0 Å². The van der Waals surface area contributed by atoms with E-state index in [0.29, 0.717) is 5.56 Å². The molecule has 0 heterocycles. The van der Waals surface area contributed by atoms with Crippen molar-refractivity contribution in [2.75, 3.05) is 18.5 Å². The molecular formula is C19H24N2O3. The Kier molecular flexibility index (Phi) is 6.35. The molecule has 4 N–H and O–H groups in total. The van der Waals surface area contributed by atoms with E-state index in [0.717, 1.165) is 22.4 Å². The lowest BCUT2D eigenvalue weighted by Crippen LogP contribution is -2.27. The van der Waals surface area contributed by atoms with E-state index < -0.39 is 0 Å². The SMILES string of the molecule is Cc1c(NC(C)c2cccc(CO)c2)cccc1C(=O)NCCO. The molecule has 2 aromatic carbocycles. The topological polar surface area (TPSA) is 81.6 Å². The van der Waals surface area contributed by atoms with Gasteiger partial charge in [-0.3, -0.25) is 4.79 Å². The van der Waals surface area contributed by atoms with Gasteiger partial charge in [0.25, 0.3) is 5.91 Å². The van der Waals surface area contributed by atoms with Gasteiger partial charge in [-0.25, -0.2) is 0 Å². The predicted molar refractivity (Wildman–Crippen MR) is 95.0 cm³/mol. The number of carbonyl (C=O) groups excluding carboxylic acids is 1. The standard InChI is InChI=1S/C19H24N2O3/c1-13-17(19(24)20-9-10-22)7-4-8-18(13)21-14(2)16-6-3-5-15(11-16)12-23/h3-8,11,14,21-23H,9-10,12H2,1-2H3,(H,20,24). The molecule has 1 amide bonds. The first-order valence-corrected chi connectivity index (χ1v) is 8.01. The lowest BCUT2D eigenvalue weighted by molar-refractivity contribution is 0.0944. The molecule has 24 heavy (non-hydrogen) atoms. The zero-order chi connectivity index (χ0) is 17.5.